The molecule has 1 aromatic carbocycles. The molecule has 3 aromatic rings. The molecule has 0 spiro atoms. The second-order valence-corrected chi connectivity index (χ2v) is 6.82. The Hall–Kier alpha value is -2.54. The van der Waals surface area contributed by atoms with Crippen molar-refractivity contribution in [2.75, 3.05) is 6.54 Å². The zero-order chi connectivity index (χ0) is 18.7. The van der Waals surface area contributed by atoms with Crippen molar-refractivity contribution in [3.63, 3.8) is 0 Å². The molecule has 0 bridgehead atoms. The molecule has 2 aromatic heterocycles. The van der Waals surface area contributed by atoms with Crippen molar-refractivity contribution < 1.29 is 13.6 Å². The highest BCUT2D eigenvalue weighted by Crippen LogP contribution is 2.28. The first-order valence-electron chi connectivity index (χ1n) is 8.23. The summed E-state index contributed by atoms with van der Waals surface area (Å²) in [6.07, 6.45) is -0.122. The van der Waals surface area contributed by atoms with Gasteiger partial charge in [0.05, 0.1) is 18.7 Å². The average molecular weight is 375 g/mol. The van der Waals surface area contributed by atoms with E-state index in [1.807, 2.05) is 23.9 Å². The summed E-state index contributed by atoms with van der Waals surface area (Å²) < 4.78 is 28.4. The number of rotatable bonds is 6. The number of halogens is 2. The quantitative estimate of drug-likeness (QED) is 0.711. The van der Waals surface area contributed by atoms with Gasteiger partial charge in [-0.05, 0) is 47.9 Å². The third kappa shape index (κ3) is 3.99. The van der Waals surface area contributed by atoms with Gasteiger partial charge in [0.1, 0.15) is 11.6 Å². The summed E-state index contributed by atoms with van der Waals surface area (Å²) in [7, 11) is 0. The minimum atomic E-state index is -0.709. The average Bonchev–Trinajstić information content (AvgIpc) is 3.19. The van der Waals surface area contributed by atoms with Crippen molar-refractivity contribution in [3.05, 3.63) is 63.6 Å². The van der Waals surface area contributed by atoms with Crippen molar-refractivity contribution >= 4 is 17.2 Å². The van der Waals surface area contributed by atoms with E-state index in [1.54, 1.807) is 11.3 Å². The molecule has 136 valence electrons. The third-order valence-electron chi connectivity index (χ3n) is 4.20. The second kappa shape index (κ2) is 7.78. The molecule has 0 aliphatic carbocycles. The number of aromatic nitrogens is 2. The molecule has 2 heterocycles. The number of benzene rings is 1. The molecule has 0 saturated carbocycles. The summed E-state index contributed by atoms with van der Waals surface area (Å²) >= 11 is 1.64. The lowest BCUT2D eigenvalue weighted by atomic mass is 10.1. The van der Waals surface area contributed by atoms with Crippen LogP contribution in [0.5, 0.6) is 0 Å². The Morgan fingerprint density at radius 1 is 1.27 bits per heavy atom. The first kappa shape index (κ1) is 18.3. The number of hydrogen-bond acceptors (Lipinski definition) is 3. The van der Waals surface area contributed by atoms with Gasteiger partial charge in [0.25, 0.3) is 0 Å². The van der Waals surface area contributed by atoms with Crippen LogP contribution in [0.1, 0.15) is 17.0 Å². The molecular formula is C19H19F2N3OS. The third-order valence-corrected chi connectivity index (χ3v) is 4.89. The second-order valence-electron chi connectivity index (χ2n) is 6.04. The zero-order valence-corrected chi connectivity index (χ0v) is 15.4. The van der Waals surface area contributed by atoms with Gasteiger partial charge >= 0.3 is 0 Å². The van der Waals surface area contributed by atoms with Gasteiger partial charge in [-0.15, -0.1) is 0 Å². The lowest BCUT2D eigenvalue weighted by Gasteiger charge is -2.08. The van der Waals surface area contributed by atoms with Crippen molar-refractivity contribution in [1.82, 2.24) is 15.1 Å². The Labute approximate surface area is 154 Å². The molecule has 0 radical (unpaired) electrons. The Morgan fingerprint density at radius 3 is 2.77 bits per heavy atom. The molecular weight excluding hydrogens is 356 g/mol. The first-order valence-corrected chi connectivity index (χ1v) is 9.17. The smallest absolute Gasteiger partial charge is 0.224 e. The maximum absolute atomic E-state index is 13.6. The van der Waals surface area contributed by atoms with Crippen LogP contribution < -0.4 is 5.32 Å². The maximum Gasteiger partial charge on any atom is 0.224 e. The van der Waals surface area contributed by atoms with E-state index in [1.165, 1.54) is 6.07 Å². The lowest BCUT2D eigenvalue weighted by molar-refractivity contribution is -0.120. The molecule has 1 N–H and O–H groups in total. The summed E-state index contributed by atoms with van der Waals surface area (Å²) in [5, 5.41) is 11.4. The Kier molecular flexibility index (Phi) is 5.46. The van der Waals surface area contributed by atoms with E-state index in [4.69, 9.17) is 0 Å². The molecule has 0 aliphatic heterocycles. The fourth-order valence-electron chi connectivity index (χ4n) is 2.94. The standard InChI is InChI=1S/C19H19F2N3OS/c1-12-19(15-5-8-26-11-15)13(2)24(23-12)7-6-22-18(25)9-14-3-4-16(20)10-17(14)21/h3-5,8,10-11H,6-7,9H2,1-2H3,(H,22,25). The number of carbonyl (C=O) groups excluding carboxylic acids is 1. The van der Waals surface area contributed by atoms with E-state index in [0.717, 1.165) is 34.6 Å². The van der Waals surface area contributed by atoms with Crippen molar-refractivity contribution in [2.45, 2.75) is 26.8 Å². The van der Waals surface area contributed by atoms with E-state index in [0.29, 0.717) is 13.1 Å². The molecule has 1 amide bonds. The van der Waals surface area contributed by atoms with Gasteiger partial charge in [-0.3, -0.25) is 9.48 Å². The fraction of sp³-hybridized carbons (Fsp3) is 0.263. The summed E-state index contributed by atoms with van der Waals surface area (Å²) in [5.41, 5.74) is 4.42. The number of amides is 1. The summed E-state index contributed by atoms with van der Waals surface area (Å²) in [4.78, 5) is 12.0. The predicted octanol–water partition coefficient (Wildman–Crippen LogP) is 3.87. The van der Waals surface area contributed by atoms with Crippen LogP contribution in [0.25, 0.3) is 11.1 Å². The van der Waals surface area contributed by atoms with Gasteiger partial charge < -0.3 is 5.32 Å². The number of nitrogens with zero attached hydrogens (tertiary/aromatic N) is 2. The zero-order valence-electron chi connectivity index (χ0n) is 14.6. The Balaban J connectivity index is 1.58. The Morgan fingerprint density at radius 2 is 2.08 bits per heavy atom. The van der Waals surface area contributed by atoms with Gasteiger partial charge in [-0.1, -0.05) is 6.07 Å². The van der Waals surface area contributed by atoms with Crippen molar-refractivity contribution in [3.8, 4) is 11.1 Å². The Bertz CT molecular complexity index is 919. The van der Waals surface area contributed by atoms with Crippen LogP contribution in [0.2, 0.25) is 0 Å². The van der Waals surface area contributed by atoms with Gasteiger partial charge in [0, 0.05) is 23.9 Å². The minimum absolute atomic E-state index is 0.122. The number of nitrogens with one attached hydrogen (secondary N) is 1. The minimum Gasteiger partial charge on any atom is -0.354 e. The highest BCUT2D eigenvalue weighted by molar-refractivity contribution is 7.08. The van der Waals surface area contributed by atoms with E-state index in [2.05, 4.69) is 21.9 Å². The molecule has 26 heavy (non-hydrogen) atoms. The van der Waals surface area contributed by atoms with Crippen LogP contribution in [-0.4, -0.2) is 22.2 Å². The number of aryl methyl sites for hydroxylation is 1. The van der Waals surface area contributed by atoms with Crippen molar-refractivity contribution in [1.29, 1.82) is 0 Å². The molecule has 0 atom stereocenters. The molecule has 3 rings (SSSR count). The van der Waals surface area contributed by atoms with Gasteiger partial charge in [0.2, 0.25) is 5.91 Å². The van der Waals surface area contributed by atoms with Crippen LogP contribution in [0.15, 0.2) is 35.0 Å². The topological polar surface area (TPSA) is 46.9 Å². The van der Waals surface area contributed by atoms with Gasteiger partial charge in [-0.25, -0.2) is 8.78 Å². The van der Waals surface area contributed by atoms with E-state index in [-0.39, 0.29) is 17.9 Å². The SMILES string of the molecule is Cc1nn(CCNC(=O)Cc2ccc(F)cc2F)c(C)c1-c1ccsc1. The number of carbonyl (C=O) groups is 1. The van der Waals surface area contributed by atoms with Gasteiger partial charge in [0.15, 0.2) is 0 Å². The lowest BCUT2D eigenvalue weighted by Crippen LogP contribution is -2.29. The fourth-order valence-corrected chi connectivity index (χ4v) is 3.59. The summed E-state index contributed by atoms with van der Waals surface area (Å²) in [6.45, 7) is 4.87. The van der Waals surface area contributed by atoms with Crippen LogP contribution in [0.3, 0.4) is 0 Å². The van der Waals surface area contributed by atoms with Crippen molar-refractivity contribution in [2.24, 2.45) is 0 Å². The summed E-state index contributed by atoms with van der Waals surface area (Å²) in [6, 6.07) is 5.28. The highest BCUT2D eigenvalue weighted by atomic mass is 32.1. The summed E-state index contributed by atoms with van der Waals surface area (Å²) in [5.74, 6) is -1.67. The van der Waals surface area contributed by atoms with Crippen LogP contribution in [0.4, 0.5) is 8.78 Å². The molecule has 7 heteroatoms. The molecule has 4 nitrogen and oxygen atoms in total. The van der Waals surface area contributed by atoms with Crippen LogP contribution in [0, 0.1) is 25.5 Å². The molecule has 0 unspecified atom stereocenters. The van der Waals surface area contributed by atoms with E-state index >= 15 is 0 Å². The van der Waals surface area contributed by atoms with Crippen LogP contribution in [-0.2, 0) is 17.8 Å². The molecule has 0 fully saturated rings. The van der Waals surface area contributed by atoms with Gasteiger partial charge in [-0.2, -0.15) is 16.4 Å². The normalized spacial score (nSPS) is 10.9. The number of hydrogen-bond donors (Lipinski definition) is 1. The first-order chi connectivity index (χ1) is 12.5. The molecule has 0 aliphatic rings. The largest absolute Gasteiger partial charge is 0.354 e. The van der Waals surface area contributed by atoms with Crippen LogP contribution >= 0.6 is 11.3 Å². The molecule has 0 saturated heterocycles. The number of thiophene rings is 1. The van der Waals surface area contributed by atoms with E-state index in [9.17, 15) is 13.6 Å². The van der Waals surface area contributed by atoms with E-state index < -0.39 is 11.6 Å². The maximum atomic E-state index is 13.6. The highest BCUT2D eigenvalue weighted by Gasteiger charge is 2.14. The predicted molar refractivity (Wildman–Crippen MR) is 98.1 cm³/mol. The monoisotopic (exact) mass is 375 g/mol.